The lowest BCUT2D eigenvalue weighted by Crippen LogP contribution is -2.31. The molecule has 0 aliphatic carbocycles. The summed E-state index contributed by atoms with van der Waals surface area (Å²) < 4.78 is 5.80. The van der Waals surface area contributed by atoms with Gasteiger partial charge in [-0.3, -0.25) is 5.41 Å². The predicted octanol–water partition coefficient (Wildman–Crippen LogP) is 4.30. The third-order valence-electron chi connectivity index (χ3n) is 4.76. The van der Waals surface area contributed by atoms with Crippen molar-refractivity contribution in [3.8, 4) is 0 Å². The Kier molecular flexibility index (Phi) is 6.04. The van der Waals surface area contributed by atoms with Crippen molar-refractivity contribution < 1.29 is 14.9 Å². The highest BCUT2D eigenvalue weighted by Crippen LogP contribution is 2.33. The van der Waals surface area contributed by atoms with Crippen molar-refractivity contribution in [1.82, 2.24) is 5.01 Å². The quantitative estimate of drug-likeness (QED) is 0.319. The zero-order chi connectivity index (χ0) is 21.8. The molecule has 8 heteroatoms. The van der Waals surface area contributed by atoms with E-state index in [9.17, 15) is 0 Å². The number of nitrogens with one attached hydrogen (secondary N) is 1. The van der Waals surface area contributed by atoms with Gasteiger partial charge in [0.25, 0.3) is 11.7 Å². The standard InChI is InChI=1S/C22H23N5O3/c1-14-12-17(20-21(23)27(15(2)30-28)25-22(20)24-3)13-19(29-14)11-8-16-6-9-18(10-7-16)26(4)5/h6-13,17,20,23,28H,2H2,1,4-5H3/b11-8+,23-21?. The monoisotopic (exact) mass is 405 g/mol. The van der Waals surface area contributed by atoms with Gasteiger partial charge >= 0.3 is 0 Å². The molecule has 2 aliphatic heterocycles. The van der Waals surface area contributed by atoms with Gasteiger partial charge < -0.3 is 19.4 Å². The molecule has 2 unspecified atom stereocenters. The average Bonchev–Trinajstić information content (AvgIpc) is 3.08. The van der Waals surface area contributed by atoms with Crippen LogP contribution in [0.2, 0.25) is 0 Å². The van der Waals surface area contributed by atoms with E-state index in [1.807, 2.05) is 74.5 Å². The number of hydrogen-bond acceptors (Lipinski definition) is 6. The van der Waals surface area contributed by atoms with Crippen molar-refractivity contribution in [3.05, 3.63) is 83.5 Å². The molecule has 0 spiro atoms. The maximum absolute atomic E-state index is 8.84. The summed E-state index contributed by atoms with van der Waals surface area (Å²) in [7, 11) is 3.98. The number of ether oxygens (including phenoxy) is 1. The topological polar surface area (TPSA) is 85.7 Å². The number of allylic oxidation sites excluding steroid dienone is 4. The van der Waals surface area contributed by atoms with E-state index in [0.29, 0.717) is 11.5 Å². The molecule has 30 heavy (non-hydrogen) atoms. The van der Waals surface area contributed by atoms with E-state index in [1.165, 1.54) is 0 Å². The molecule has 0 bridgehead atoms. The van der Waals surface area contributed by atoms with Crippen molar-refractivity contribution >= 4 is 23.4 Å². The average molecular weight is 405 g/mol. The van der Waals surface area contributed by atoms with Crippen LogP contribution in [0, 0.1) is 23.8 Å². The Morgan fingerprint density at radius 2 is 2.03 bits per heavy atom. The highest BCUT2D eigenvalue weighted by Gasteiger charge is 2.42. The lowest BCUT2D eigenvalue weighted by Gasteiger charge is -2.23. The van der Waals surface area contributed by atoms with Gasteiger partial charge in [0.1, 0.15) is 11.6 Å². The lowest BCUT2D eigenvalue weighted by atomic mass is 9.88. The third kappa shape index (κ3) is 4.26. The van der Waals surface area contributed by atoms with Crippen molar-refractivity contribution in [3.63, 3.8) is 0 Å². The molecule has 1 aromatic carbocycles. The minimum atomic E-state index is -0.629. The molecule has 0 radical (unpaired) electrons. The van der Waals surface area contributed by atoms with Crippen molar-refractivity contribution in [2.45, 2.75) is 6.92 Å². The molecule has 8 nitrogen and oxygen atoms in total. The second-order valence-corrected chi connectivity index (χ2v) is 7.07. The molecule has 0 fully saturated rings. The molecule has 2 aliphatic rings. The molecular weight excluding hydrogens is 382 g/mol. The fourth-order valence-electron chi connectivity index (χ4n) is 3.25. The summed E-state index contributed by atoms with van der Waals surface area (Å²) in [5.74, 6) is 0.217. The first-order chi connectivity index (χ1) is 14.3. The fraction of sp³-hybridized carbons (Fsp3) is 0.227. The number of anilines is 1. The fourth-order valence-corrected chi connectivity index (χ4v) is 3.25. The molecular formula is C22H23N5O3. The summed E-state index contributed by atoms with van der Waals surface area (Å²) in [5.41, 5.74) is 2.14. The molecule has 0 saturated heterocycles. The highest BCUT2D eigenvalue weighted by molar-refractivity contribution is 6.13. The number of amidine groups is 2. The van der Waals surface area contributed by atoms with Crippen LogP contribution in [0.4, 0.5) is 5.69 Å². The predicted molar refractivity (Wildman–Crippen MR) is 116 cm³/mol. The van der Waals surface area contributed by atoms with Crippen LogP contribution in [-0.2, 0) is 9.62 Å². The normalized spacial score (nSPS) is 20.8. The second kappa shape index (κ2) is 8.68. The van der Waals surface area contributed by atoms with Gasteiger partial charge in [-0.25, -0.2) is 5.26 Å². The Morgan fingerprint density at radius 1 is 1.33 bits per heavy atom. The Morgan fingerprint density at radius 3 is 2.63 bits per heavy atom. The number of hydrogen-bond donors (Lipinski definition) is 2. The van der Waals surface area contributed by atoms with Crippen molar-refractivity contribution in [2.24, 2.45) is 16.9 Å². The molecule has 0 aromatic heterocycles. The van der Waals surface area contributed by atoms with Crippen LogP contribution in [0.3, 0.4) is 0 Å². The van der Waals surface area contributed by atoms with Gasteiger partial charge in [-0.2, -0.15) is 0 Å². The molecule has 0 saturated carbocycles. The summed E-state index contributed by atoms with van der Waals surface area (Å²) in [4.78, 5) is 9.58. The lowest BCUT2D eigenvalue weighted by molar-refractivity contribution is -0.218. The van der Waals surface area contributed by atoms with E-state index in [0.717, 1.165) is 16.3 Å². The maximum Gasteiger partial charge on any atom is 0.283 e. The number of rotatable bonds is 6. The van der Waals surface area contributed by atoms with E-state index in [2.05, 4.69) is 21.4 Å². The van der Waals surface area contributed by atoms with E-state index in [1.54, 1.807) is 0 Å². The van der Waals surface area contributed by atoms with Gasteiger partial charge in [-0.1, -0.05) is 24.8 Å². The summed E-state index contributed by atoms with van der Waals surface area (Å²) >= 11 is 0. The van der Waals surface area contributed by atoms with Gasteiger partial charge in [0, 0.05) is 25.7 Å². The van der Waals surface area contributed by atoms with Crippen LogP contribution in [0.15, 0.2) is 71.6 Å². The summed E-state index contributed by atoms with van der Waals surface area (Å²) in [6.07, 6.45) is 7.49. The number of benzene rings is 1. The molecule has 2 heterocycles. The minimum absolute atomic E-state index is 0.00476. The van der Waals surface area contributed by atoms with Gasteiger partial charge in [0.2, 0.25) is 0 Å². The Bertz CT molecular complexity index is 1010. The van der Waals surface area contributed by atoms with Crippen molar-refractivity contribution in [1.29, 1.82) is 5.41 Å². The number of nitrogens with zero attached hydrogens (tertiary/aromatic N) is 4. The van der Waals surface area contributed by atoms with Crippen molar-refractivity contribution in [2.75, 3.05) is 19.0 Å². The Balaban J connectivity index is 1.83. The summed E-state index contributed by atoms with van der Waals surface area (Å²) in [5, 5.41) is 22.3. The van der Waals surface area contributed by atoms with Gasteiger partial charge in [-0.15, -0.1) is 5.01 Å². The molecule has 3 rings (SSSR count). The Labute approximate surface area is 175 Å². The first-order valence-electron chi connectivity index (χ1n) is 9.22. The molecule has 0 amide bonds. The molecule has 154 valence electrons. The van der Waals surface area contributed by atoms with Crippen LogP contribution in [-0.4, -0.2) is 36.0 Å². The van der Waals surface area contributed by atoms with Crippen LogP contribution in [0.1, 0.15) is 12.5 Å². The summed E-state index contributed by atoms with van der Waals surface area (Å²) in [6.45, 7) is 12.7. The first-order valence-corrected chi connectivity index (χ1v) is 9.22. The van der Waals surface area contributed by atoms with E-state index < -0.39 is 5.92 Å². The third-order valence-corrected chi connectivity index (χ3v) is 4.76. The minimum Gasteiger partial charge on any atom is -0.463 e. The Hall–Kier alpha value is -3.83. The van der Waals surface area contributed by atoms with E-state index in [4.69, 9.17) is 22.0 Å². The first kappa shape index (κ1) is 20.9. The molecule has 2 atom stereocenters. The van der Waals surface area contributed by atoms with Gasteiger partial charge in [0.15, 0.2) is 0 Å². The molecule has 2 N–H and O–H groups in total. The van der Waals surface area contributed by atoms with E-state index in [-0.39, 0.29) is 23.5 Å². The van der Waals surface area contributed by atoms with Crippen LogP contribution < -0.4 is 4.90 Å². The number of hydrazone groups is 1. The SMILES string of the molecule is [C-]#[N+]C1=NN(C(=C)OO)C(=N)C1C1C=C(C)OC(/C=C/c2ccc(N(C)C)cc2)=C1. The van der Waals surface area contributed by atoms with Gasteiger partial charge in [-0.05, 0) is 54.5 Å². The highest BCUT2D eigenvalue weighted by atomic mass is 17.1. The molecule has 1 aromatic rings. The second-order valence-electron chi connectivity index (χ2n) is 7.07. The van der Waals surface area contributed by atoms with Gasteiger partial charge in [0.05, 0.1) is 11.7 Å². The zero-order valence-electron chi connectivity index (χ0n) is 17.0. The summed E-state index contributed by atoms with van der Waals surface area (Å²) in [6, 6.07) is 8.11. The van der Waals surface area contributed by atoms with Crippen LogP contribution in [0.5, 0.6) is 0 Å². The largest absolute Gasteiger partial charge is 0.463 e. The van der Waals surface area contributed by atoms with Crippen LogP contribution >= 0.6 is 0 Å². The maximum atomic E-state index is 8.84. The van der Waals surface area contributed by atoms with Crippen LogP contribution in [0.25, 0.3) is 10.9 Å². The smallest absolute Gasteiger partial charge is 0.283 e. The zero-order valence-corrected chi connectivity index (χ0v) is 17.0. The van der Waals surface area contributed by atoms with E-state index >= 15 is 0 Å².